The van der Waals surface area contributed by atoms with Gasteiger partial charge in [-0.2, -0.15) is 5.10 Å². The first-order chi connectivity index (χ1) is 16.5. The number of anilines is 2. The third-order valence-corrected chi connectivity index (χ3v) is 6.10. The summed E-state index contributed by atoms with van der Waals surface area (Å²) in [6.07, 6.45) is 8.25. The number of rotatable bonds is 9. The first kappa shape index (κ1) is 22.2. The van der Waals surface area contributed by atoms with E-state index < -0.39 is 0 Å². The molecular formula is C27H31N5O2. The molecule has 7 nitrogen and oxygen atoms in total. The maximum atomic E-state index is 5.53. The molecule has 1 saturated carbocycles. The molecule has 0 saturated heterocycles. The van der Waals surface area contributed by atoms with Crippen molar-refractivity contribution >= 4 is 22.4 Å². The van der Waals surface area contributed by atoms with Crippen molar-refractivity contribution < 1.29 is 9.47 Å². The molecule has 2 heterocycles. The Morgan fingerprint density at radius 3 is 2.41 bits per heavy atom. The van der Waals surface area contributed by atoms with E-state index in [0.29, 0.717) is 11.8 Å². The summed E-state index contributed by atoms with van der Waals surface area (Å²) in [4.78, 5) is 11.9. The third-order valence-electron chi connectivity index (χ3n) is 6.10. The summed E-state index contributed by atoms with van der Waals surface area (Å²) >= 11 is 0. The van der Waals surface area contributed by atoms with E-state index in [-0.39, 0.29) is 0 Å². The number of nitrogens with zero attached hydrogens (tertiary/aromatic N) is 5. The standard InChI is InChI=1S/C27H31N5O2/c1-18(2)15-31-17-20(13-29-31)27-14-28-25-8-7-21(11-26(25)30-27)32(16-19-5-6-19)22-9-23(33-3)12-24(10-22)34-4/h7-14,17-19H,5-6,15-16H2,1-4H3. The fourth-order valence-electron chi connectivity index (χ4n) is 4.14. The molecule has 0 atom stereocenters. The molecule has 0 unspecified atom stereocenters. The first-order valence-electron chi connectivity index (χ1n) is 11.8. The highest BCUT2D eigenvalue weighted by molar-refractivity contribution is 5.82. The predicted octanol–water partition coefficient (Wildman–Crippen LogP) is 5.71. The Labute approximate surface area is 200 Å². The van der Waals surface area contributed by atoms with Gasteiger partial charge < -0.3 is 14.4 Å². The van der Waals surface area contributed by atoms with Crippen molar-refractivity contribution in [2.45, 2.75) is 33.2 Å². The Morgan fingerprint density at radius 2 is 1.74 bits per heavy atom. The largest absolute Gasteiger partial charge is 0.497 e. The van der Waals surface area contributed by atoms with Crippen LogP contribution in [0, 0.1) is 11.8 Å². The van der Waals surface area contributed by atoms with Gasteiger partial charge in [-0.25, -0.2) is 4.98 Å². The Balaban J connectivity index is 1.52. The van der Waals surface area contributed by atoms with E-state index in [9.17, 15) is 0 Å². The number of hydrogen-bond donors (Lipinski definition) is 0. The molecule has 2 aromatic carbocycles. The highest BCUT2D eigenvalue weighted by atomic mass is 16.5. The Bertz CT molecular complexity index is 1270. The minimum atomic E-state index is 0.533. The monoisotopic (exact) mass is 457 g/mol. The maximum Gasteiger partial charge on any atom is 0.124 e. The predicted molar refractivity (Wildman–Crippen MR) is 135 cm³/mol. The lowest BCUT2D eigenvalue weighted by Crippen LogP contribution is -2.20. The number of ether oxygens (including phenoxy) is 2. The minimum Gasteiger partial charge on any atom is -0.497 e. The summed E-state index contributed by atoms with van der Waals surface area (Å²) in [5.41, 5.74) is 5.67. The lowest BCUT2D eigenvalue weighted by molar-refractivity contribution is 0.394. The average Bonchev–Trinajstić information content (AvgIpc) is 3.56. The van der Waals surface area contributed by atoms with Crippen LogP contribution < -0.4 is 14.4 Å². The molecule has 5 rings (SSSR count). The molecule has 0 radical (unpaired) electrons. The van der Waals surface area contributed by atoms with E-state index >= 15 is 0 Å². The van der Waals surface area contributed by atoms with E-state index in [1.807, 2.05) is 35.4 Å². The van der Waals surface area contributed by atoms with Crippen molar-refractivity contribution in [3.63, 3.8) is 0 Å². The lowest BCUT2D eigenvalue weighted by Gasteiger charge is -2.26. The van der Waals surface area contributed by atoms with Crippen LogP contribution in [0.5, 0.6) is 11.5 Å². The van der Waals surface area contributed by atoms with Crippen LogP contribution in [0.1, 0.15) is 26.7 Å². The molecule has 0 spiro atoms. The van der Waals surface area contributed by atoms with Gasteiger partial charge in [-0.15, -0.1) is 0 Å². The number of fused-ring (bicyclic) bond motifs is 1. The van der Waals surface area contributed by atoms with Crippen LogP contribution in [-0.4, -0.2) is 40.5 Å². The van der Waals surface area contributed by atoms with Crippen LogP contribution in [0.3, 0.4) is 0 Å². The zero-order chi connectivity index (χ0) is 23.7. The second kappa shape index (κ2) is 9.33. The zero-order valence-electron chi connectivity index (χ0n) is 20.2. The number of hydrogen-bond acceptors (Lipinski definition) is 6. The quantitative estimate of drug-likeness (QED) is 0.321. The summed E-state index contributed by atoms with van der Waals surface area (Å²) in [5, 5.41) is 4.49. The van der Waals surface area contributed by atoms with Crippen molar-refractivity contribution in [1.82, 2.24) is 19.7 Å². The van der Waals surface area contributed by atoms with Crippen LogP contribution in [-0.2, 0) is 6.54 Å². The molecule has 4 aromatic rings. The van der Waals surface area contributed by atoms with Crippen molar-refractivity contribution in [3.05, 3.63) is 55.0 Å². The summed E-state index contributed by atoms with van der Waals surface area (Å²) in [6, 6.07) is 12.3. The second-order valence-corrected chi connectivity index (χ2v) is 9.40. The van der Waals surface area contributed by atoms with E-state index in [1.165, 1.54) is 12.8 Å². The summed E-state index contributed by atoms with van der Waals surface area (Å²) in [5.74, 6) is 2.77. The molecule has 1 aliphatic rings. The van der Waals surface area contributed by atoms with Crippen molar-refractivity contribution in [3.8, 4) is 22.8 Å². The highest BCUT2D eigenvalue weighted by Gasteiger charge is 2.26. The van der Waals surface area contributed by atoms with Crippen LogP contribution in [0.25, 0.3) is 22.3 Å². The molecule has 7 heteroatoms. The topological polar surface area (TPSA) is 65.3 Å². The van der Waals surface area contributed by atoms with Gasteiger partial charge in [0.1, 0.15) is 11.5 Å². The SMILES string of the molecule is COc1cc(OC)cc(N(CC2CC2)c2ccc3ncc(-c4cnn(CC(C)C)c4)nc3c2)c1. The van der Waals surface area contributed by atoms with E-state index in [0.717, 1.165) is 58.3 Å². The van der Waals surface area contributed by atoms with Gasteiger partial charge in [-0.3, -0.25) is 9.67 Å². The molecule has 0 N–H and O–H groups in total. The van der Waals surface area contributed by atoms with Crippen molar-refractivity contribution in [1.29, 1.82) is 0 Å². The molecule has 2 aromatic heterocycles. The summed E-state index contributed by atoms with van der Waals surface area (Å²) in [6.45, 7) is 6.19. The number of methoxy groups -OCH3 is 2. The molecule has 176 valence electrons. The highest BCUT2D eigenvalue weighted by Crippen LogP contribution is 2.38. The smallest absolute Gasteiger partial charge is 0.124 e. The van der Waals surface area contributed by atoms with Crippen LogP contribution in [0.2, 0.25) is 0 Å². The maximum absolute atomic E-state index is 5.53. The molecule has 0 aliphatic heterocycles. The van der Waals surface area contributed by atoms with Crippen molar-refractivity contribution in [2.24, 2.45) is 11.8 Å². The first-order valence-corrected chi connectivity index (χ1v) is 11.8. The third kappa shape index (κ3) is 4.83. The molecular weight excluding hydrogens is 426 g/mol. The Morgan fingerprint density at radius 1 is 0.971 bits per heavy atom. The summed E-state index contributed by atoms with van der Waals surface area (Å²) < 4.78 is 13.0. The summed E-state index contributed by atoms with van der Waals surface area (Å²) in [7, 11) is 3.36. The van der Waals surface area contributed by atoms with E-state index in [4.69, 9.17) is 14.5 Å². The van der Waals surface area contributed by atoms with Crippen LogP contribution >= 0.6 is 0 Å². The van der Waals surface area contributed by atoms with Gasteiger partial charge >= 0.3 is 0 Å². The van der Waals surface area contributed by atoms with Gasteiger partial charge in [0.2, 0.25) is 0 Å². The molecule has 0 bridgehead atoms. The molecule has 1 fully saturated rings. The number of aromatic nitrogens is 4. The second-order valence-electron chi connectivity index (χ2n) is 9.40. The fourth-order valence-corrected chi connectivity index (χ4v) is 4.14. The fraction of sp³-hybridized carbons (Fsp3) is 0.370. The Hall–Kier alpha value is -3.61. The van der Waals surface area contributed by atoms with Crippen LogP contribution in [0.4, 0.5) is 11.4 Å². The van der Waals surface area contributed by atoms with E-state index in [1.54, 1.807) is 14.2 Å². The van der Waals surface area contributed by atoms with Crippen LogP contribution in [0.15, 0.2) is 55.0 Å². The Kier molecular flexibility index (Phi) is 6.09. The van der Waals surface area contributed by atoms with Gasteiger partial charge in [-0.1, -0.05) is 13.8 Å². The van der Waals surface area contributed by atoms with Gasteiger partial charge in [0.25, 0.3) is 0 Å². The van der Waals surface area contributed by atoms with Gasteiger partial charge in [0, 0.05) is 54.4 Å². The van der Waals surface area contributed by atoms with Gasteiger partial charge in [-0.05, 0) is 42.9 Å². The lowest BCUT2D eigenvalue weighted by atomic mass is 10.1. The normalized spacial score (nSPS) is 13.4. The van der Waals surface area contributed by atoms with Gasteiger partial charge in [0.15, 0.2) is 0 Å². The molecule has 0 amide bonds. The number of benzene rings is 2. The van der Waals surface area contributed by atoms with Gasteiger partial charge in [0.05, 0.1) is 43.3 Å². The van der Waals surface area contributed by atoms with Crippen molar-refractivity contribution in [2.75, 3.05) is 25.7 Å². The molecule has 1 aliphatic carbocycles. The minimum absolute atomic E-state index is 0.533. The average molecular weight is 458 g/mol. The van der Waals surface area contributed by atoms with E-state index in [2.05, 4.69) is 53.1 Å². The molecule has 34 heavy (non-hydrogen) atoms. The zero-order valence-corrected chi connectivity index (χ0v) is 20.2.